The van der Waals surface area contributed by atoms with E-state index in [1.54, 1.807) is 11.3 Å². The van der Waals surface area contributed by atoms with E-state index in [0.717, 1.165) is 42.1 Å². The van der Waals surface area contributed by atoms with E-state index < -0.39 is 0 Å². The Hall–Kier alpha value is -2.29. The number of hydrogen-bond acceptors (Lipinski definition) is 7. The average molecular weight is 444 g/mol. The lowest BCUT2D eigenvalue weighted by atomic mass is 10.2. The van der Waals surface area contributed by atoms with Gasteiger partial charge in [0, 0.05) is 28.7 Å². The van der Waals surface area contributed by atoms with Crippen molar-refractivity contribution in [3.05, 3.63) is 45.9 Å². The van der Waals surface area contributed by atoms with Crippen LogP contribution in [-0.2, 0) is 0 Å². The quantitative estimate of drug-likeness (QED) is 0.369. The molecule has 0 aliphatic carbocycles. The van der Waals surface area contributed by atoms with Gasteiger partial charge in [-0.1, -0.05) is 15.9 Å². The molecule has 138 valence electrons. The van der Waals surface area contributed by atoms with Crippen molar-refractivity contribution in [2.24, 2.45) is 0 Å². The number of aromatic nitrogens is 3. The van der Waals surface area contributed by atoms with Gasteiger partial charge in [0.1, 0.15) is 5.82 Å². The summed E-state index contributed by atoms with van der Waals surface area (Å²) in [4.78, 5) is 13.8. The number of nitrogens with one attached hydrogen (secondary N) is 2. The number of rotatable bonds is 6. The maximum absolute atomic E-state index is 9.04. The molecule has 4 rings (SSSR count). The van der Waals surface area contributed by atoms with E-state index in [1.807, 2.05) is 37.3 Å². The van der Waals surface area contributed by atoms with Gasteiger partial charge >= 0.3 is 0 Å². The van der Waals surface area contributed by atoms with E-state index >= 15 is 0 Å². The Labute approximate surface area is 168 Å². The molecular formula is C19H18BrN5OS. The third-order valence-corrected chi connectivity index (χ3v) is 5.46. The normalized spacial score (nSPS) is 11.2. The predicted molar refractivity (Wildman–Crippen MR) is 115 cm³/mol. The average Bonchev–Trinajstić information content (AvgIpc) is 3.01. The molecule has 2 aromatic heterocycles. The zero-order chi connectivity index (χ0) is 18.8. The first kappa shape index (κ1) is 18.1. The number of aryl methyl sites for hydroxylation is 1. The van der Waals surface area contributed by atoms with Crippen LogP contribution < -0.4 is 10.6 Å². The van der Waals surface area contributed by atoms with Gasteiger partial charge in [-0.3, -0.25) is 0 Å². The number of nitrogens with zero attached hydrogens (tertiary/aromatic N) is 3. The van der Waals surface area contributed by atoms with E-state index in [9.17, 15) is 0 Å². The number of fused-ring (bicyclic) bond motifs is 2. The van der Waals surface area contributed by atoms with Gasteiger partial charge in [-0.2, -0.15) is 4.98 Å². The largest absolute Gasteiger partial charge is 0.396 e. The number of anilines is 3. The lowest BCUT2D eigenvalue weighted by molar-refractivity contribution is 0.292. The van der Waals surface area contributed by atoms with Crippen molar-refractivity contribution in [1.29, 1.82) is 0 Å². The highest BCUT2D eigenvalue weighted by Crippen LogP contribution is 2.29. The van der Waals surface area contributed by atoms with Gasteiger partial charge in [-0.15, -0.1) is 11.3 Å². The van der Waals surface area contributed by atoms with Gasteiger partial charge in [0.05, 0.1) is 20.7 Å². The Morgan fingerprint density at radius 1 is 1.07 bits per heavy atom. The first-order chi connectivity index (χ1) is 13.1. The molecule has 0 unspecified atom stereocenters. The molecule has 4 aromatic rings. The minimum atomic E-state index is 0.138. The number of aliphatic hydroxyl groups excluding tert-OH is 1. The maximum Gasteiger partial charge on any atom is 0.229 e. The summed E-state index contributed by atoms with van der Waals surface area (Å²) >= 11 is 5.17. The fourth-order valence-corrected chi connectivity index (χ4v) is 4.05. The fraction of sp³-hybridized carbons (Fsp3) is 0.211. The lowest BCUT2D eigenvalue weighted by Gasteiger charge is -2.12. The summed E-state index contributed by atoms with van der Waals surface area (Å²) < 4.78 is 2.10. The molecule has 27 heavy (non-hydrogen) atoms. The topological polar surface area (TPSA) is 83.0 Å². The molecule has 0 fully saturated rings. The van der Waals surface area contributed by atoms with Gasteiger partial charge in [0.15, 0.2) is 0 Å². The minimum absolute atomic E-state index is 0.138. The summed E-state index contributed by atoms with van der Waals surface area (Å²) in [7, 11) is 0. The highest BCUT2D eigenvalue weighted by atomic mass is 79.9. The highest BCUT2D eigenvalue weighted by molar-refractivity contribution is 9.10. The van der Waals surface area contributed by atoms with Crippen LogP contribution in [0.5, 0.6) is 0 Å². The summed E-state index contributed by atoms with van der Waals surface area (Å²) in [6.45, 7) is 2.78. The van der Waals surface area contributed by atoms with Crippen LogP contribution in [0.15, 0.2) is 40.9 Å². The van der Waals surface area contributed by atoms with Crippen LogP contribution in [0.4, 0.5) is 17.5 Å². The Morgan fingerprint density at radius 3 is 2.78 bits per heavy atom. The summed E-state index contributed by atoms with van der Waals surface area (Å²) in [5.74, 6) is 1.27. The summed E-state index contributed by atoms with van der Waals surface area (Å²) in [6, 6.07) is 12.0. The molecular weight excluding hydrogens is 426 g/mol. The molecule has 2 aromatic carbocycles. The van der Waals surface area contributed by atoms with Gasteiger partial charge in [0.25, 0.3) is 0 Å². The van der Waals surface area contributed by atoms with Crippen molar-refractivity contribution in [3.8, 4) is 0 Å². The Morgan fingerprint density at radius 2 is 1.93 bits per heavy atom. The molecule has 2 heterocycles. The highest BCUT2D eigenvalue weighted by Gasteiger charge is 2.09. The Balaban J connectivity index is 1.70. The first-order valence-corrected chi connectivity index (χ1v) is 10.2. The predicted octanol–water partition coefficient (Wildman–Crippen LogP) is 4.85. The van der Waals surface area contributed by atoms with Crippen molar-refractivity contribution in [3.63, 3.8) is 0 Å². The molecule has 0 aliphatic rings. The lowest BCUT2D eigenvalue weighted by Crippen LogP contribution is -2.08. The molecule has 0 atom stereocenters. The second-order valence-electron chi connectivity index (χ2n) is 6.10. The third kappa shape index (κ3) is 4.02. The number of benzene rings is 2. The minimum Gasteiger partial charge on any atom is -0.396 e. The van der Waals surface area contributed by atoms with Crippen molar-refractivity contribution in [1.82, 2.24) is 15.0 Å². The maximum atomic E-state index is 9.04. The monoisotopic (exact) mass is 443 g/mol. The smallest absolute Gasteiger partial charge is 0.229 e. The number of halogens is 1. The molecule has 0 amide bonds. The molecule has 0 saturated heterocycles. The number of aliphatic hydroxyl groups is 1. The zero-order valence-corrected chi connectivity index (χ0v) is 17.1. The molecule has 0 saturated carbocycles. The fourth-order valence-electron chi connectivity index (χ4n) is 2.82. The molecule has 0 spiro atoms. The van der Waals surface area contributed by atoms with E-state index in [1.165, 1.54) is 0 Å². The van der Waals surface area contributed by atoms with Crippen LogP contribution in [0.3, 0.4) is 0 Å². The van der Waals surface area contributed by atoms with Crippen molar-refractivity contribution in [2.45, 2.75) is 13.3 Å². The van der Waals surface area contributed by atoms with E-state index in [2.05, 4.69) is 47.6 Å². The van der Waals surface area contributed by atoms with Crippen LogP contribution in [0.2, 0.25) is 0 Å². The molecule has 6 nitrogen and oxygen atoms in total. The van der Waals surface area contributed by atoms with Crippen LogP contribution >= 0.6 is 27.3 Å². The van der Waals surface area contributed by atoms with Crippen LogP contribution in [-0.4, -0.2) is 33.2 Å². The summed E-state index contributed by atoms with van der Waals surface area (Å²) in [5.41, 5.74) is 2.76. The SMILES string of the molecule is Cc1nc2ccc(Nc3nc(NCCCO)c4cc(Br)ccc4n3)cc2s1. The van der Waals surface area contributed by atoms with Crippen LogP contribution in [0.25, 0.3) is 21.1 Å². The van der Waals surface area contributed by atoms with Gasteiger partial charge in [0.2, 0.25) is 5.95 Å². The zero-order valence-electron chi connectivity index (χ0n) is 14.7. The standard InChI is InChI=1S/C19H18BrN5OS/c1-11-22-16-6-4-13(10-17(16)27-11)23-19-24-15-5-3-12(20)9-14(15)18(25-19)21-7-2-8-26/h3-6,9-10,26H,2,7-8H2,1H3,(H2,21,23,24,25). The summed E-state index contributed by atoms with van der Waals surface area (Å²) in [5, 5.41) is 17.6. The molecule has 0 aliphatic heterocycles. The van der Waals surface area contributed by atoms with E-state index in [4.69, 9.17) is 5.11 Å². The molecule has 0 bridgehead atoms. The van der Waals surface area contributed by atoms with Crippen molar-refractivity contribution in [2.75, 3.05) is 23.8 Å². The van der Waals surface area contributed by atoms with Crippen LogP contribution in [0.1, 0.15) is 11.4 Å². The van der Waals surface area contributed by atoms with Gasteiger partial charge < -0.3 is 15.7 Å². The molecule has 8 heteroatoms. The second kappa shape index (κ2) is 7.75. The molecule has 3 N–H and O–H groups in total. The van der Waals surface area contributed by atoms with Gasteiger partial charge in [-0.25, -0.2) is 9.97 Å². The van der Waals surface area contributed by atoms with E-state index in [0.29, 0.717) is 18.9 Å². The third-order valence-electron chi connectivity index (χ3n) is 4.04. The van der Waals surface area contributed by atoms with Crippen LogP contribution in [0, 0.1) is 6.92 Å². The Kier molecular flexibility index (Phi) is 5.20. The number of hydrogen-bond donors (Lipinski definition) is 3. The van der Waals surface area contributed by atoms with Gasteiger partial charge in [-0.05, 0) is 49.7 Å². The van der Waals surface area contributed by atoms with Crippen molar-refractivity contribution >= 4 is 65.8 Å². The summed E-state index contributed by atoms with van der Waals surface area (Å²) in [6.07, 6.45) is 0.656. The second-order valence-corrected chi connectivity index (χ2v) is 8.25. The van der Waals surface area contributed by atoms with Crippen molar-refractivity contribution < 1.29 is 5.11 Å². The molecule has 0 radical (unpaired) electrons. The van der Waals surface area contributed by atoms with E-state index in [-0.39, 0.29) is 6.61 Å². The first-order valence-electron chi connectivity index (χ1n) is 8.58. The Bertz CT molecular complexity index is 1110. The number of thiazole rings is 1.